The van der Waals surface area contributed by atoms with Crippen LogP contribution in [0.4, 0.5) is 4.79 Å². The van der Waals surface area contributed by atoms with Gasteiger partial charge in [0.25, 0.3) is 0 Å². The highest BCUT2D eigenvalue weighted by Crippen LogP contribution is 2.29. The van der Waals surface area contributed by atoms with Crippen LogP contribution in [-0.4, -0.2) is 77.0 Å². The molecule has 0 bridgehead atoms. The zero-order valence-electron chi connectivity index (χ0n) is 17.1. The van der Waals surface area contributed by atoms with Gasteiger partial charge >= 0.3 is 17.8 Å². The number of sulfone groups is 1. The standard InChI is InChI=1S/C21H25N3O6S/c25-18(24(16-8-4-5-9-16)17-10-11-31(29,30)14-17)13-23-20(27)19(26)22(21(23)28)12-15-6-2-1-3-7-15/h1-3,6-7,16-17H,4-5,8-14H2. The fourth-order valence-electron chi connectivity index (χ4n) is 4.69. The van der Waals surface area contributed by atoms with E-state index in [2.05, 4.69) is 0 Å². The SMILES string of the molecule is O=C1C(=O)N(Cc2ccccc2)C(=O)N1CC(=O)N(C1CCCC1)C1CCS(=O)(=O)C1. The van der Waals surface area contributed by atoms with Gasteiger partial charge in [0.1, 0.15) is 6.54 Å². The minimum absolute atomic E-state index is 0.0269. The minimum atomic E-state index is -3.21. The molecule has 2 heterocycles. The third-order valence-electron chi connectivity index (χ3n) is 6.22. The fourth-order valence-corrected chi connectivity index (χ4v) is 6.41. The number of urea groups is 1. The van der Waals surface area contributed by atoms with Gasteiger partial charge in [-0.15, -0.1) is 0 Å². The van der Waals surface area contributed by atoms with Crippen LogP contribution < -0.4 is 0 Å². The van der Waals surface area contributed by atoms with E-state index in [1.165, 1.54) is 0 Å². The summed E-state index contributed by atoms with van der Waals surface area (Å²) in [4.78, 5) is 53.9. The Kier molecular flexibility index (Phi) is 5.83. The summed E-state index contributed by atoms with van der Waals surface area (Å²) in [5, 5.41) is 0. The largest absolute Gasteiger partial charge is 0.335 e. The maximum absolute atomic E-state index is 13.2. The van der Waals surface area contributed by atoms with Gasteiger partial charge in [-0.25, -0.2) is 18.1 Å². The Morgan fingerprint density at radius 3 is 2.19 bits per heavy atom. The van der Waals surface area contributed by atoms with Gasteiger partial charge in [-0.3, -0.25) is 19.3 Å². The highest BCUT2D eigenvalue weighted by atomic mass is 32.2. The summed E-state index contributed by atoms with van der Waals surface area (Å²) in [5.74, 6) is -2.54. The Morgan fingerprint density at radius 1 is 0.935 bits per heavy atom. The van der Waals surface area contributed by atoms with Crippen molar-refractivity contribution >= 4 is 33.6 Å². The number of amides is 5. The van der Waals surface area contributed by atoms with E-state index >= 15 is 0 Å². The van der Waals surface area contributed by atoms with Crippen molar-refractivity contribution in [3.05, 3.63) is 35.9 Å². The Labute approximate surface area is 180 Å². The molecular formula is C21H25N3O6S. The van der Waals surface area contributed by atoms with Crippen molar-refractivity contribution in [1.29, 1.82) is 0 Å². The van der Waals surface area contributed by atoms with Crippen molar-refractivity contribution in [2.45, 2.75) is 50.7 Å². The molecule has 1 aromatic carbocycles. The van der Waals surface area contributed by atoms with E-state index in [1.807, 2.05) is 0 Å². The van der Waals surface area contributed by atoms with Crippen molar-refractivity contribution in [2.24, 2.45) is 0 Å². The zero-order chi connectivity index (χ0) is 22.2. The molecule has 9 nitrogen and oxygen atoms in total. The lowest BCUT2D eigenvalue weighted by Gasteiger charge is -2.34. The lowest BCUT2D eigenvalue weighted by Crippen LogP contribution is -2.51. The predicted octanol–water partition coefficient (Wildman–Crippen LogP) is 0.936. The highest BCUT2D eigenvalue weighted by molar-refractivity contribution is 7.91. The van der Waals surface area contributed by atoms with Gasteiger partial charge in [0.05, 0.1) is 18.1 Å². The second-order valence-electron chi connectivity index (χ2n) is 8.35. The first kappa shape index (κ1) is 21.5. The smallest absolute Gasteiger partial charge is 0.334 e. The Hall–Kier alpha value is -2.75. The van der Waals surface area contributed by atoms with Crippen LogP contribution in [0.15, 0.2) is 30.3 Å². The van der Waals surface area contributed by atoms with Gasteiger partial charge in [0.2, 0.25) is 5.91 Å². The van der Waals surface area contributed by atoms with Crippen LogP contribution in [0.3, 0.4) is 0 Å². The molecule has 0 radical (unpaired) electrons. The Morgan fingerprint density at radius 2 is 1.58 bits per heavy atom. The quantitative estimate of drug-likeness (QED) is 0.474. The molecule has 1 unspecified atom stereocenters. The first-order valence-corrected chi connectivity index (χ1v) is 12.3. The van der Waals surface area contributed by atoms with E-state index in [1.54, 1.807) is 35.2 Å². The molecule has 1 atom stereocenters. The van der Waals surface area contributed by atoms with Crippen LogP contribution in [0.1, 0.15) is 37.7 Å². The molecule has 1 aromatic rings. The number of rotatable bonds is 6. The summed E-state index contributed by atoms with van der Waals surface area (Å²) in [6.45, 7) is -0.607. The molecule has 2 aliphatic heterocycles. The van der Waals surface area contributed by atoms with Gasteiger partial charge < -0.3 is 4.90 Å². The Bertz CT molecular complexity index is 1000. The molecule has 4 rings (SSSR count). The molecule has 0 N–H and O–H groups in total. The normalized spacial score (nSPS) is 23.7. The van der Waals surface area contributed by atoms with E-state index in [4.69, 9.17) is 0 Å². The van der Waals surface area contributed by atoms with Gasteiger partial charge in [0.15, 0.2) is 9.84 Å². The van der Waals surface area contributed by atoms with Crippen molar-refractivity contribution in [3.63, 3.8) is 0 Å². The van der Waals surface area contributed by atoms with Crippen LogP contribution in [0.2, 0.25) is 0 Å². The molecule has 2 saturated heterocycles. The number of imide groups is 2. The summed E-state index contributed by atoms with van der Waals surface area (Å²) in [6, 6.07) is 7.42. The van der Waals surface area contributed by atoms with Crippen molar-refractivity contribution in [2.75, 3.05) is 18.1 Å². The molecule has 1 aliphatic carbocycles. The molecule has 10 heteroatoms. The topological polar surface area (TPSA) is 112 Å². The first-order chi connectivity index (χ1) is 14.8. The van der Waals surface area contributed by atoms with Crippen molar-refractivity contribution in [3.8, 4) is 0 Å². The molecule has 1 saturated carbocycles. The molecular weight excluding hydrogens is 422 g/mol. The minimum Gasteiger partial charge on any atom is -0.334 e. The molecule has 3 fully saturated rings. The number of hydrogen-bond donors (Lipinski definition) is 0. The number of hydrogen-bond acceptors (Lipinski definition) is 6. The number of carbonyl (C=O) groups is 4. The summed E-state index contributed by atoms with van der Waals surface area (Å²) >= 11 is 0. The fraction of sp³-hybridized carbons (Fsp3) is 0.524. The second-order valence-corrected chi connectivity index (χ2v) is 10.6. The van der Waals surface area contributed by atoms with Gasteiger partial charge in [-0.2, -0.15) is 0 Å². The van der Waals surface area contributed by atoms with Crippen LogP contribution in [-0.2, 0) is 30.8 Å². The number of nitrogens with zero attached hydrogens (tertiary/aromatic N) is 3. The zero-order valence-corrected chi connectivity index (χ0v) is 17.9. The van der Waals surface area contributed by atoms with Gasteiger partial charge in [-0.05, 0) is 24.8 Å². The summed E-state index contributed by atoms with van der Waals surface area (Å²) in [5.41, 5.74) is 0.689. The van der Waals surface area contributed by atoms with Crippen LogP contribution in [0, 0.1) is 0 Å². The highest BCUT2D eigenvalue weighted by Gasteiger charge is 2.47. The van der Waals surface area contributed by atoms with E-state index < -0.39 is 46.2 Å². The van der Waals surface area contributed by atoms with Gasteiger partial charge in [0, 0.05) is 12.1 Å². The van der Waals surface area contributed by atoms with E-state index in [0.717, 1.165) is 30.6 Å². The predicted molar refractivity (Wildman–Crippen MR) is 110 cm³/mol. The van der Waals surface area contributed by atoms with E-state index in [-0.39, 0.29) is 24.1 Å². The molecule has 166 valence electrons. The molecule has 3 aliphatic rings. The van der Waals surface area contributed by atoms with Crippen molar-refractivity contribution < 1.29 is 27.6 Å². The van der Waals surface area contributed by atoms with Crippen molar-refractivity contribution in [1.82, 2.24) is 14.7 Å². The summed E-state index contributed by atoms with van der Waals surface area (Å²) in [6.07, 6.45) is 3.77. The summed E-state index contributed by atoms with van der Waals surface area (Å²) < 4.78 is 24.0. The molecule has 0 aromatic heterocycles. The average Bonchev–Trinajstić information content (AvgIpc) is 3.43. The van der Waals surface area contributed by atoms with Gasteiger partial charge in [-0.1, -0.05) is 43.2 Å². The molecule has 5 amide bonds. The lowest BCUT2D eigenvalue weighted by molar-refractivity contribution is -0.145. The maximum atomic E-state index is 13.2. The van der Waals surface area contributed by atoms with E-state index in [0.29, 0.717) is 16.9 Å². The number of carbonyl (C=O) groups excluding carboxylic acids is 4. The molecule has 31 heavy (non-hydrogen) atoms. The maximum Gasteiger partial charge on any atom is 0.335 e. The lowest BCUT2D eigenvalue weighted by atomic mass is 10.1. The molecule has 0 spiro atoms. The average molecular weight is 448 g/mol. The third kappa shape index (κ3) is 4.34. The Balaban J connectivity index is 1.50. The van der Waals surface area contributed by atoms with E-state index in [9.17, 15) is 27.6 Å². The summed E-state index contributed by atoms with van der Waals surface area (Å²) in [7, 11) is -3.21. The third-order valence-corrected chi connectivity index (χ3v) is 7.97. The van der Waals surface area contributed by atoms with Crippen LogP contribution in [0.25, 0.3) is 0 Å². The van der Waals surface area contributed by atoms with Crippen LogP contribution >= 0.6 is 0 Å². The number of benzene rings is 1. The second kappa shape index (κ2) is 8.41. The monoisotopic (exact) mass is 447 g/mol. The van der Waals surface area contributed by atoms with Crippen LogP contribution in [0.5, 0.6) is 0 Å². The first-order valence-electron chi connectivity index (χ1n) is 10.5.